The van der Waals surface area contributed by atoms with Gasteiger partial charge in [-0.2, -0.15) is 0 Å². The van der Waals surface area contributed by atoms with Gasteiger partial charge in [0.15, 0.2) is 0 Å². The molecular formula is C13H20N2O2. The molecule has 94 valence electrons. The van der Waals surface area contributed by atoms with Crippen LogP contribution in [0.4, 0.5) is 0 Å². The van der Waals surface area contributed by atoms with Gasteiger partial charge < -0.3 is 0 Å². The summed E-state index contributed by atoms with van der Waals surface area (Å²) in [5, 5.41) is 0. The lowest BCUT2D eigenvalue weighted by Crippen LogP contribution is -2.32. The number of carbonyl (C=O) groups excluding carboxylic acids is 2. The van der Waals surface area contributed by atoms with Gasteiger partial charge in [0.25, 0.3) is 0 Å². The molecule has 0 radical (unpaired) electrons. The molecule has 3 unspecified atom stereocenters. The van der Waals surface area contributed by atoms with Gasteiger partial charge in [0.2, 0.25) is 12.2 Å². The molecule has 1 saturated carbocycles. The van der Waals surface area contributed by atoms with Crippen LogP contribution in [0.25, 0.3) is 0 Å². The number of unbranched alkanes of at least 4 members (excludes halogenated alkanes) is 1. The van der Waals surface area contributed by atoms with Crippen LogP contribution in [0, 0.1) is 5.92 Å². The van der Waals surface area contributed by atoms with E-state index < -0.39 is 0 Å². The minimum absolute atomic E-state index is 0.000191. The minimum atomic E-state index is -0.0187. The molecule has 3 atom stereocenters. The fourth-order valence-corrected chi connectivity index (χ4v) is 2.67. The largest absolute Gasteiger partial charge is 0.235 e. The second-order valence-corrected chi connectivity index (χ2v) is 4.67. The zero-order valence-electron chi connectivity index (χ0n) is 10.4. The molecule has 1 fully saturated rings. The maximum Gasteiger partial charge on any atom is 0.235 e. The average molecular weight is 236 g/mol. The van der Waals surface area contributed by atoms with Crippen molar-refractivity contribution in [3.63, 3.8) is 0 Å². The third-order valence-corrected chi connectivity index (χ3v) is 3.57. The van der Waals surface area contributed by atoms with Gasteiger partial charge in [-0.05, 0) is 19.3 Å². The molecule has 1 aliphatic rings. The maximum absolute atomic E-state index is 10.5. The lowest BCUT2D eigenvalue weighted by atomic mass is 9.79. The first-order chi connectivity index (χ1) is 8.33. The molecule has 0 heterocycles. The summed E-state index contributed by atoms with van der Waals surface area (Å²) >= 11 is 0. The van der Waals surface area contributed by atoms with Crippen LogP contribution in [-0.2, 0) is 9.59 Å². The lowest BCUT2D eigenvalue weighted by molar-refractivity contribution is 0.255. The summed E-state index contributed by atoms with van der Waals surface area (Å²) in [4.78, 5) is 28.7. The van der Waals surface area contributed by atoms with Gasteiger partial charge in [-0.1, -0.05) is 32.6 Å². The molecule has 4 nitrogen and oxygen atoms in total. The Labute approximate surface area is 102 Å². The first-order valence-corrected chi connectivity index (χ1v) is 6.47. The monoisotopic (exact) mass is 236 g/mol. The predicted octanol–water partition coefficient (Wildman–Crippen LogP) is 2.78. The van der Waals surface area contributed by atoms with Crippen LogP contribution in [0.5, 0.6) is 0 Å². The molecule has 0 aromatic rings. The van der Waals surface area contributed by atoms with Crippen LogP contribution < -0.4 is 0 Å². The van der Waals surface area contributed by atoms with E-state index in [9.17, 15) is 9.59 Å². The van der Waals surface area contributed by atoms with E-state index in [1.165, 1.54) is 0 Å². The molecule has 0 aliphatic heterocycles. The molecule has 17 heavy (non-hydrogen) atoms. The Morgan fingerprint density at radius 2 is 2.00 bits per heavy atom. The van der Waals surface area contributed by atoms with E-state index in [0.717, 1.165) is 44.9 Å². The van der Waals surface area contributed by atoms with E-state index in [2.05, 4.69) is 16.9 Å². The zero-order chi connectivity index (χ0) is 12.5. The fourth-order valence-electron chi connectivity index (χ4n) is 2.67. The van der Waals surface area contributed by atoms with Crippen LogP contribution in [0.15, 0.2) is 9.98 Å². The summed E-state index contributed by atoms with van der Waals surface area (Å²) in [5.41, 5.74) is 0. The highest BCUT2D eigenvalue weighted by Gasteiger charge is 2.31. The summed E-state index contributed by atoms with van der Waals surface area (Å²) in [7, 11) is 0. The van der Waals surface area contributed by atoms with Gasteiger partial charge in [0.1, 0.15) is 0 Å². The number of aliphatic imine (C=N–C) groups is 2. The molecule has 0 bridgehead atoms. The van der Waals surface area contributed by atoms with E-state index in [4.69, 9.17) is 0 Å². The topological polar surface area (TPSA) is 58.9 Å². The Morgan fingerprint density at radius 3 is 2.65 bits per heavy atom. The number of nitrogens with zero attached hydrogens (tertiary/aromatic N) is 2. The Balaban J connectivity index is 2.73. The average Bonchev–Trinajstić information content (AvgIpc) is 2.36. The SMILES string of the molecule is CCCCC(N=C=O)C1CCCCC1N=C=O. The third kappa shape index (κ3) is 4.26. The highest BCUT2D eigenvalue weighted by molar-refractivity contribution is 5.35. The van der Waals surface area contributed by atoms with E-state index in [0.29, 0.717) is 0 Å². The quantitative estimate of drug-likeness (QED) is 0.526. The Morgan fingerprint density at radius 1 is 1.24 bits per heavy atom. The van der Waals surface area contributed by atoms with Gasteiger partial charge >= 0.3 is 0 Å². The molecule has 0 aromatic carbocycles. The van der Waals surface area contributed by atoms with Crippen LogP contribution in [0.2, 0.25) is 0 Å². The van der Waals surface area contributed by atoms with Gasteiger partial charge in [-0.25, -0.2) is 19.6 Å². The van der Waals surface area contributed by atoms with Crippen molar-refractivity contribution in [3.8, 4) is 0 Å². The standard InChI is InChI=1S/C13H20N2O2/c1-2-3-7-12(14-9-16)11-6-4-5-8-13(11)15-10-17/h11-13H,2-8H2,1H3. The normalized spacial score (nSPS) is 25.5. The van der Waals surface area contributed by atoms with Crippen molar-refractivity contribution in [1.29, 1.82) is 0 Å². The van der Waals surface area contributed by atoms with Crippen LogP contribution in [0.3, 0.4) is 0 Å². The Bertz CT molecular complexity index is 317. The molecular weight excluding hydrogens is 216 g/mol. The van der Waals surface area contributed by atoms with Crippen molar-refractivity contribution in [2.45, 2.75) is 64.0 Å². The molecule has 0 amide bonds. The minimum Gasteiger partial charge on any atom is -0.211 e. The van der Waals surface area contributed by atoms with Gasteiger partial charge in [-0.15, -0.1) is 0 Å². The summed E-state index contributed by atoms with van der Waals surface area (Å²) in [5.74, 6) is 0.221. The molecule has 0 saturated heterocycles. The first kappa shape index (κ1) is 13.8. The van der Waals surface area contributed by atoms with Crippen molar-refractivity contribution in [3.05, 3.63) is 0 Å². The fraction of sp³-hybridized carbons (Fsp3) is 0.846. The van der Waals surface area contributed by atoms with Gasteiger partial charge in [-0.3, -0.25) is 0 Å². The summed E-state index contributed by atoms with van der Waals surface area (Å²) in [6.07, 6.45) is 10.5. The Hall–Kier alpha value is -1.24. The molecule has 0 N–H and O–H groups in total. The van der Waals surface area contributed by atoms with E-state index >= 15 is 0 Å². The van der Waals surface area contributed by atoms with Crippen molar-refractivity contribution < 1.29 is 9.59 Å². The van der Waals surface area contributed by atoms with Crippen molar-refractivity contribution in [2.24, 2.45) is 15.9 Å². The van der Waals surface area contributed by atoms with Gasteiger partial charge in [0, 0.05) is 5.92 Å². The second-order valence-electron chi connectivity index (χ2n) is 4.67. The summed E-state index contributed by atoms with van der Waals surface area (Å²) < 4.78 is 0. The number of isocyanates is 2. The molecule has 1 aliphatic carbocycles. The number of hydrogen-bond acceptors (Lipinski definition) is 4. The second kappa shape index (κ2) is 7.94. The van der Waals surface area contributed by atoms with Crippen LogP contribution in [-0.4, -0.2) is 24.2 Å². The van der Waals surface area contributed by atoms with Crippen molar-refractivity contribution >= 4 is 12.2 Å². The first-order valence-electron chi connectivity index (χ1n) is 6.47. The zero-order valence-corrected chi connectivity index (χ0v) is 10.4. The summed E-state index contributed by atoms with van der Waals surface area (Å²) in [6.45, 7) is 2.11. The van der Waals surface area contributed by atoms with E-state index in [-0.39, 0.29) is 18.0 Å². The smallest absolute Gasteiger partial charge is 0.211 e. The van der Waals surface area contributed by atoms with E-state index in [1.807, 2.05) is 0 Å². The molecule has 0 spiro atoms. The number of rotatable bonds is 6. The molecule has 4 heteroatoms. The van der Waals surface area contributed by atoms with Crippen LogP contribution >= 0.6 is 0 Å². The van der Waals surface area contributed by atoms with Gasteiger partial charge in [0.05, 0.1) is 12.1 Å². The Kier molecular flexibility index (Phi) is 6.46. The highest BCUT2D eigenvalue weighted by Crippen LogP contribution is 2.32. The predicted molar refractivity (Wildman–Crippen MR) is 65.3 cm³/mol. The maximum atomic E-state index is 10.5. The molecule has 1 rings (SSSR count). The van der Waals surface area contributed by atoms with Crippen LogP contribution in [0.1, 0.15) is 51.9 Å². The lowest BCUT2D eigenvalue weighted by Gasteiger charge is -2.31. The van der Waals surface area contributed by atoms with E-state index in [1.54, 1.807) is 12.2 Å². The summed E-state index contributed by atoms with van der Waals surface area (Å²) in [6, 6.07) is -0.0185. The van der Waals surface area contributed by atoms with Crippen molar-refractivity contribution in [1.82, 2.24) is 0 Å². The van der Waals surface area contributed by atoms with Crippen molar-refractivity contribution in [2.75, 3.05) is 0 Å². The number of hydrogen-bond donors (Lipinski definition) is 0. The highest BCUT2D eigenvalue weighted by atomic mass is 16.1. The third-order valence-electron chi connectivity index (χ3n) is 3.57. The molecule has 0 aromatic heterocycles.